The van der Waals surface area contributed by atoms with E-state index in [-0.39, 0.29) is 13.2 Å². The van der Waals surface area contributed by atoms with E-state index in [1.165, 1.54) is 11.1 Å². The first-order valence-electron chi connectivity index (χ1n) is 9.26. The van der Waals surface area contributed by atoms with Gasteiger partial charge < -0.3 is 14.2 Å². The van der Waals surface area contributed by atoms with Gasteiger partial charge in [0.2, 0.25) is 0 Å². The third kappa shape index (κ3) is 5.97. The lowest BCUT2D eigenvalue weighted by atomic mass is 9.95. The molecule has 1 unspecified atom stereocenters. The Kier molecular flexibility index (Phi) is 6.30. The van der Waals surface area contributed by atoms with Gasteiger partial charge in [0, 0.05) is 6.42 Å². The number of carbonyl (C=O) groups is 1. The number of hydrogen-bond donors (Lipinski definition) is 0. The van der Waals surface area contributed by atoms with Crippen LogP contribution in [0.1, 0.15) is 37.3 Å². The van der Waals surface area contributed by atoms with Gasteiger partial charge in [-0.3, -0.25) is 0 Å². The van der Waals surface area contributed by atoms with E-state index in [0.29, 0.717) is 12.5 Å². The zero-order valence-electron chi connectivity index (χ0n) is 15.9. The van der Waals surface area contributed by atoms with Crippen LogP contribution in [0.15, 0.2) is 72.3 Å². The van der Waals surface area contributed by atoms with Crippen LogP contribution in [0.2, 0.25) is 0 Å². The smallest absolute Gasteiger partial charge is 0.431 e. The van der Waals surface area contributed by atoms with Gasteiger partial charge in [0.1, 0.15) is 18.8 Å². The summed E-state index contributed by atoms with van der Waals surface area (Å²) in [4.78, 5) is 11.8. The summed E-state index contributed by atoms with van der Waals surface area (Å²) < 4.78 is 16.0. The molecule has 2 atom stereocenters. The van der Waals surface area contributed by atoms with Crippen LogP contribution >= 0.6 is 0 Å². The van der Waals surface area contributed by atoms with Crippen molar-refractivity contribution in [2.75, 3.05) is 13.2 Å². The summed E-state index contributed by atoms with van der Waals surface area (Å²) in [5, 5.41) is 0. The number of epoxide rings is 1. The van der Waals surface area contributed by atoms with Crippen molar-refractivity contribution >= 4 is 6.16 Å². The summed E-state index contributed by atoms with van der Waals surface area (Å²) in [5.41, 5.74) is 3.04. The second-order valence-corrected chi connectivity index (χ2v) is 7.17. The van der Waals surface area contributed by atoms with Gasteiger partial charge in [0.25, 0.3) is 0 Å². The molecular weight excluding hydrogens is 340 g/mol. The average molecular weight is 366 g/mol. The van der Waals surface area contributed by atoms with Crippen molar-refractivity contribution < 1.29 is 19.0 Å². The van der Waals surface area contributed by atoms with Crippen molar-refractivity contribution in [1.29, 1.82) is 0 Å². The van der Waals surface area contributed by atoms with Gasteiger partial charge in [-0.1, -0.05) is 79.2 Å². The molecule has 1 aliphatic rings. The van der Waals surface area contributed by atoms with Crippen molar-refractivity contribution in [3.8, 4) is 0 Å². The number of benzene rings is 2. The lowest BCUT2D eigenvalue weighted by Gasteiger charge is -2.14. The van der Waals surface area contributed by atoms with Crippen molar-refractivity contribution in [2.24, 2.45) is 0 Å². The van der Waals surface area contributed by atoms with E-state index in [1.54, 1.807) is 0 Å². The van der Waals surface area contributed by atoms with Crippen molar-refractivity contribution in [1.82, 2.24) is 0 Å². The summed E-state index contributed by atoms with van der Waals surface area (Å²) in [5.74, 6) is 0.332. The van der Waals surface area contributed by atoms with Crippen LogP contribution in [0, 0.1) is 0 Å². The highest BCUT2D eigenvalue weighted by atomic mass is 16.7. The molecule has 27 heavy (non-hydrogen) atoms. The first-order chi connectivity index (χ1) is 13.1. The van der Waals surface area contributed by atoms with E-state index >= 15 is 0 Å². The lowest BCUT2D eigenvalue weighted by Crippen LogP contribution is -2.23. The Hall–Kier alpha value is -2.59. The van der Waals surface area contributed by atoms with Gasteiger partial charge in [0.05, 0.1) is 6.61 Å². The minimum atomic E-state index is -0.659. The SMILES string of the molecule is C/C(=C\C(C)c1ccccc1)C[C@@]1(COC(=O)OCc2ccccc2)CO1. The first kappa shape index (κ1) is 19.2. The summed E-state index contributed by atoms with van der Waals surface area (Å²) in [6.45, 7) is 5.30. The summed E-state index contributed by atoms with van der Waals surface area (Å²) in [7, 11) is 0. The molecule has 0 radical (unpaired) electrons. The second-order valence-electron chi connectivity index (χ2n) is 7.17. The monoisotopic (exact) mass is 366 g/mol. The molecule has 0 bridgehead atoms. The molecule has 1 aliphatic heterocycles. The minimum Gasteiger partial charge on any atom is -0.431 e. The zero-order chi connectivity index (χ0) is 19.1. The molecule has 0 saturated carbocycles. The molecule has 2 aromatic carbocycles. The average Bonchev–Trinajstić information content (AvgIpc) is 3.45. The maximum absolute atomic E-state index is 11.8. The third-order valence-electron chi connectivity index (χ3n) is 4.67. The Morgan fingerprint density at radius 1 is 1.11 bits per heavy atom. The number of rotatable bonds is 8. The van der Waals surface area contributed by atoms with Gasteiger partial charge in [-0.25, -0.2) is 4.79 Å². The third-order valence-corrected chi connectivity index (χ3v) is 4.67. The Morgan fingerprint density at radius 2 is 1.74 bits per heavy atom. The molecule has 4 heteroatoms. The van der Waals surface area contributed by atoms with Gasteiger partial charge in [-0.15, -0.1) is 0 Å². The van der Waals surface area contributed by atoms with Crippen LogP contribution in [-0.2, 0) is 20.8 Å². The summed E-state index contributed by atoms with van der Waals surface area (Å²) >= 11 is 0. The van der Waals surface area contributed by atoms with Gasteiger partial charge in [0.15, 0.2) is 0 Å². The lowest BCUT2D eigenvalue weighted by molar-refractivity contribution is 0.0328. The summed E-state index contributed by atoms with van der Waals surface area (Å²) in [6, 6.07) is 19.9. The van der Waals surface area contributed by atoms with E-state index < -0.39 is 11.8 Å². The Labute approximate surface area is 160 Å². The van der Waals surface area contributed by atoms with E-state index in [0.717, 1.165) is 12.0 Å². The maximum atomic E-state index is 11.8. The van der Waals surface area contributed by atoms with Crippen LogP contribution in [0.5, 0.6) is 0 Å². The van der Waals surface area contributed by atoms with Crippen LogP contribution in [-0.4, -0.2) is 25.0 Å². The van der Waals surface area contributed by atoms with Gasteiger partial charge in [-0.2, -0.15) is 0 Å². The Morgan fingerprint density at radius 3 is 2.37 bits per heavy atom. The highest BCUT2D eigenvalue weighted by Crippen LogP contribution is 2.35. The van der Waals surface area contributed by atoms with Crippen molar-refractivity contribution in [3.05, 3.63) is 83.4 Å². The van der Waals surface area contributed by atoms with E-state index in [1.807, 2.05) is 36.4 Å². The molecule has 142 valence electrons. The maximum Gasteiger partial charge on any atom is 0.508 e. The predicted molar refractivity (Wildman–Crippen MR) is 104 cm³/mol. The molecule has 0 amide bonds. The fourth-order valence-corrected chi connectivity index (χ4v) is 3.13. The quantitative estimate of drug-likeness (QED) is 0.364. The fraction of sp³-hybridized carbons (Fsp3) is 0.348. The molecular formula is C23H26O4. The first-order valence-corrected chi connectivity index (χ1v) is 9.26. The summed E-state index contributed by atoms with van der Waals surface area (Å²) in [6.07, 6.45) is 2.33. The number of hydrogen-bond acceptors (Lipinski definition) is 4. The fourth-order valence-electron chi connectivity index (χ4n) is 3.13. The van der Waals surface area contributed by atoms with Gasteiger partial charge in [-0.05, 0) is 24.0 Å². The minimum absolute atomic E-state index is 0.209. The van der Waals surface area contributed by atoms with Crippen molar-refractivity contribution in [2.45, 2.75) is 38.4 Å². The largest absolute Gasteiger partial charge is 0.508 e. The molecule has 1 saturated heterocycles. The highest BCUT2D eigenvalue weighted by Gasteiger charge is 2.46. The normalized spacial score (nSPS) is 20.0. The number of allylic oxidation sites excluding steroid dienone is 1. The topological polar surface area (TPSA) is 48.1 Å². The Bertz CT molecular complexity index is 763. The molecule has 3 rings (SSSR count). The molecule has 2 aromatic rings. The number of carbonyl (C=O) groups excluding carboxylic acids is 1. The molecule has 0 aliphatic carbocycles. The van der Waals surface area contributed by atoms with E-state index in [4.69, 9.17) is 14.2 Å². The van der Waals surface area contributed by atoms with E-state index in [2.05, 4.69) is 44.2 Å². The predicted octanol–water partition coefficient (Wildman–Crippen LogP) is 5.25. The number of ether oxygens (including phenoxy) is 3. The van der Waals surface area contributed by atoms with Crippen LogP contribution < -0.4 is 0 Å². The Balaban J connectivity index is 1.44. The van der Waals surface area contributed by atoms with Gasteiger partial charge >= 0.3 is 6.16 Å². The van der Waals surface area contributed by atoms with Crippen LogP contribution in [0.3, 0.4) is 0 Å². The molecule has 0 aromatic heterocycles. The highest BCUT2D eigenvalue weighted by molar-refractivity contribution is 5.60. The molecule has 4 nitrogen and oxygen atoms in total. The second kappa shape index (κ2) is 8.87. The zero-order valence-corrected chi connectivity index (χ0v) is 15.9. The molecule has 1 heterocycles. The molecule has 0 N–H and O–H groups in total. The standard InChI is InChI=1S/C23H26O4/c1-18(13-19(2)21-11-7-4-8-12-21)14-23(17-27-23)16-26-22(24)25-15-20-9-5-3-6-10-20/h3-13,19H,14-17H2,1-2H3/b18-13+/t19?,23-/m1/s1. The van der Waals surface area contributed by atoms with E-state index in [9.17, 15) is 4.79 Å². The molecule has 1 fully saturated rings. The van der Waals surface area contributed by atoms with Crippen molar-refractivity contribution in [3.63, 3.8) is 0 Å². The van der Waals surface area contributed by atoms with Crippen LogP contribution in [0.4, 0.5) is 4.79 Å². The van der Waals surface area contributed by atoms with Crippen LogP contribution in [0.25, 0.3) is 0 Å². The molecule has 0 spiro atoms.